The summed E-state index contributed by atoms with van der Waals surface area (Å²) in [4.78, 5) is 0. The lowest BCUT2D eigenvalue weighted by Gasteiger charge is -2.18. The Morgan fingerprint density at radius 3 is 2.86 bits per heavy atom. The smallest absolute Gasteiger partial charge is 0.315 e. The molecule has 1 aromatic rings. The Bertz CT molecular complexity index is 339. The highest BCUT2D eigenvalue weighted by Gasteiger charge is 2.41. The Labute approximate surface area is 81.8 Å². The Morgan fingerprint density at radius 2 is 2.29 bits per heavy atom. The van der Waals surface area contributed by atoms with Crippen LogP contribution in [0.5, 0.6) is 0 Å². The summed E-state index contributed by atoms with van der Waals surface area (Å²) in [6, 6.07) is 0.872. The summed E-state index contributed by atoms with van der Waals surface area (Å²) in [5, 5.41) is 10.9. The molecule has 0 saturated carbocycles. The highest BCUT2D eigenvalue weighted by atomic mass is 16.5. The predicted octanol–water partition coefficient (Wildman–Crippen LogP) is 1.11. The lowest BCUT2D eigenvalue weighted by atomic mass is 9.96. The van der Waals surface area contributed by atoms with Gasteiger partial charge in [-0.25, -0.2) is 0 Å². The van der Waals surface area contributed by atoms with Gasteiger partial charge in [-0.3, -0.25) is 0 Å². The van der Waals surface area contributed by atoms with Crippen LogP contribution in [0.1, 0.15) is 25.2 Å². The normalized spacial score (nSPS) is 35.1. The zero-order valence-corrected chi connectivity index (χ0v) is 8.06. The quantitative estimate of drug-likeness (QED) is 0.766. The summed E-state index contributed by atoms with van der Waals surface area (Å²) in [6.45, 7) is 1.79. The highest BCUT2D eigenvalue weighted by Crippen LogP contribution is 2.35. The number of aryl methyl sites for hydroxylation is 1. The zero-order valence-electron chi connectivity index (χ0n) is 8.06. The molecule has 3 unspecified atom stereocenters. The van der Waals surface area contributed by atoms with Gasteiger partial charge in [0.25, 0.3) is 0 Å². The third kappa shape index (κ3) is 1.28. The van der Waals surface area contributed by atoms with Gasteiger partial charge in [0.15, 0.2) is 0 Å². The van der Waals surface area contributed by atoms with E-state index in [0.717, 1.165) is 12.8 Å². The molecule has 5 heteroatoms. The molecule has 0 aromatic carbocycles. The van der Waals surface area contributed by atoms with E-state index in [9.17, 15) is 0 Å². The van der Waals surface area contributed by atoms with Crippen LogP contribution in [0.15, 0.2) is 4.42 Å². The maximum Gasteiger partial charge on any atom is 0.315 e. The molecule has 0 spiro atoms. The van der Waals surface area contributed by atoms with Crippen LogP contribution >= 0.6 is 0 Å². The van der Waals surface area contributed by atoms with Gasteiger partial charge in [0.05, 0.1) is 18.2 Å². The number of rotatable bonds is 2. The monoisotopic (exact) mass is 195 g/mol. The second-order valence-corrected chi connectivity index (χ2v) is 3.99. The Kier molecular flexibility index (Phi) is 1.73. The van der Waals surface area contributed by atoms with Crippen molar-refractivity contribution in [1.29, 1.82) is 0 Å². The largest absolute Gasteiger partial charge is 0.408 e. The van der Waals surface area contributed by atoms with Crippen molar-refractivity contribution < 1.29 is 9.15 Å². The minimum Gasteiger partial charge on any atom is -0.408 e. The number of anilines is 1. The minimum absolute atomic E-state index is 0.340. The molecule has 14 heavy (non-hydrogen) atoms. The van der Waals surface area contributed by atoms with E-state index >= 15 is 0 Å². The molecule has 2 saturated heterocycles. The van der Waals surface area contributed by atoms with Gasteiger partial charge < -0.3 is 14.5 Å². The second kappa shape index (κ2) is 2.95. The van der Waals surface area contributed by atoms with Crippen molar-refractivity contribution in [2.75, 3.05) is 5.32 Å². The summed E-state index contributed by atoms with van der Waals surface area (Å²) in [5.74, 6) is 0.594. The van der Waals surface area contributed by atoms with E-state index in [-0.39, 0.29) is 0 Å². The zero-order chi connectivity index (χ0) is 9.54. The van der Waals surface area contributed by atoms with Crippen LogP contribution in [0, 0.1) is 6.92 Å². The molecule has 76 valence electrons. The van der Waals surface area contributed by atoms with Crippen LogP contribution in [-0.2, 0) is 4.74 Å². The number of fused-ring (bicyclic) bond motifs is 2. The first-order valence-electron chi connectivity index (χ1n) is 5.03. The topological polar surface area (TPSA) is 60.2 Å². The van der Waals surface area contributed by atoms with Crippen molar-refractivity contribution >= 4 is 6.01 Å². The summed E-state index contributed by atoms with van der Waals surface area (Å²) < 4.78 is 11.0. The molecule has 3 atom stereocenters. The first-order valence-corrected chi connectivity index (χ1v) is 5.03. The van der Waals surface area contributed by atoms with Gasteiger partial charge in [0, 0.05) is 6.92 Å². The lowest BCUT2D eigenvalue weighted by molar-refractivity contribution is 0.102. The molecule has 2 aliphatic heterocycles. The van der Waals surface area contributed by atoms with Crippen LogP contribution in [0.25, 0.3) is 0 Å². The first-order chi connectivity index (χ1) is 6.81. The van der Waals surface area contributed by atoms with Gasteiger partial charge in [0.1, 0.15) is 0 Å². The van der Waals surface area contributed by atoms with Crippen LogP contribution < -0.4 is 5.32 Å². The van der Waals surface area contributed by atoms with E-state index < -0.39 is 0 Å². The van der Waals surface area contributed by atoms with Crippen molar-refractivity contribution in [2.45, 2.75) is 44.4 Å². The SMILES string of the molecule is Cc1nnc(NC2CC3CCC2O3)o1. The van der Waals surface area contributed by atoms with Crippen molar-refractivity contribution in [2.24, 2.45) is 0 Å². The number of hydrogen-bond donors (Lipinski definition) is 1. The maximum absolute atomic E-state index is 5.71. The summed E-state index contributed by atoms with van der Waals surface area (Å²) >= 11 is 0. The number of aromatic nitrogens is 2. The number of nitrogens with zero attached hydrogens (tertiary/aromatic N) is 2. The molecule has 2 aliphatic rings. The molecule has 2 fully saturated rings. The van der Waals surface area contributed by atoms with Crippen LogP contribution in [0.4, 0.5) is 6.01 Å². The van der Waals surface area contributed by atoms with E-state index in [2.05, 4.69) is 15.5 Å². The summed E-state index contributed by atoms with van der Waals surface area (Å²) in [6.07, 6.45) is 4.20. The third-order valence-electron chi connectivity index (χ3n) is 2.94. The Morgan fingerprint density at radius 1 is 1.36 bits per heavy atom. The molecular weight excluding hydrogens is 182 g/mol. The molecule has 0 amide bonds. The predicted molar refractivity (Wildman–Crippen MR) is 49.0 cm³/mol. The molecule has 0 aliphatic carbocycles. The van der Waals surface area contributed by atoms with Gasteiger partial charge in [-0.05, 0) is 19.3 Å². The van der Waals surface area contributed by atoms with Crippen molar-refractivity contribution in [1.82, 2.24) is 10.2 Å². The van der Waals surface area contributed by atoms with Gasteiger partial charge in [-0.15, -0.1) is 5.10 Å². The molecule has 2 bridgehead atoms. The van der Waals surface area contributed by atoms with Crippen LogP contribution in [0.2, 0.25) is 0 Å². The minimum atomic E-state index is 0.340. The average Bonchev–Trinajstić information content (AvgIpc) is 2.82. The lowest BCUT2D eigenvalue weighted by Crippen LogP contribution is -2.30. The maximum atomic E-state index is 5.71. The second-order valence-electron chi connectivity index (χ2n) is 3.99. The first kappa shape index (κ1) is 8.23. The van der Waals surface area contributed by atoms with Gasteiger partial charge >= 0.3 is 6.01 Å². The van der Waals surface area contributed by atoms with E-state index in [1.165, 1.54) is 6.42 Å². The van der Waals surface area contributed by atoms with Crippen molar-refractivity contribution in [3.05, 3.63) is 5.89 Å². The van der Waals surface area contributed by atoms with E-state index in [1.807, 2.05) is 0 Å². The average molecular weight is 195 g/mol. The summed E-state index contributed by atoms with van der Waals surface area (Å²) in [5.41, 5.74) is 0. The Balaban J connectivity index is 1.68. The molecule has 3 rings (SSSR count). The molecular formula is C9H13N3O2. The number of hydrogen-bond acceptors (Lipinski definition) is 5. The van der Waals surface area contributed by atoms with Gasteiger partial charge in [-0.1, -0.05) is 5.10 Å². The van der Waals surface area contributed by atoms with Crippen LogP contribution in [0.3, 0.4) is 0 Å². The molecule has 1 aromatic heterocycles. The molecule has 1 N–H and O–H groups in total. The Hall–Kier alpha value is -1.10. The van der Waals surface area contributed by atoms with Crippen molar-refractivity contribution in [3.63, 3.8) is 0 Å². The fraction of sp³-hybridized carbons (Fsp3) is 0.778. The fourth-order valence-corrected chi connectivity index (χ4v) is 2.30. The molecule has 0 radical (unpaired) electrons. The van der Waals surface area contributed by atoms with Gasteiger partial charge in [0.2, 0.25) is 5.89 Å². The van der Waals surface area contributed by atoms with E-state index in [1.54, 1.807) is 6.92 Å². The number of ether oxygens (including phenoxy) is 1. The van der Waals surface area contributed by atoms with E-state index in [4.69, 9.17) is 9.15 Å². The third-order valence-corrected chi connectivity index (χ3v) is 2.94. The number of nitrogens with one attached hydrogen (secondary N) is 1. The highest BCUT2D eigenvalue weighted by molar-refractivity contribution is 5.22. The molecule has 5 nitrogen and oxygen atoms in total. The van der Waals surface area contributed by atoms with E-state index in [0.29, 0.717) is 30.2 Å². The fourth-order valence-electron chi connectivity index (χ4n) is 2.30. The van der Waals surface area contributed by atoms with Crippen LogP contribution in [-0.4, -0.2) is 28.4 Å². The van der Waals surface area contributed by atoms with Gasteiger partial charge in [-0.2, -0.15) is 0 Å². The van der Waals surface area contributed by atoms with Crippen molar-refractivity contribution in [3.8, 4) is 0 Å². The molecule has 3 heterocycles. The standard InChI is InChI=1S/C9H13N3O2/c1-5-11-12-9(13-5)10-7-4-6-2-3-8(7)14-6/h6-8H,2-4H2,1H3,(H,10,12). The summed E-state index contributed by atoms with van der Waals surface area (Å²) in [7, 11) is 0.